The SMILES string of the molecule is CCCCCCCC[n+]1noc(N)c1-c1cccc(-c2c(N)on[n+]2CCCCCCCC)c1.[Cl-].[Cl-]. The molecule has 0 saturated heterocycles. The number of rotatable bonds is 16. The standard InChI is InChI=1S/C26H42N6O2.2ClH/c1-3-5-7-9-11-13-18-31-23(25(27)33-29-31)21-16-15-17-22(20-21)24-26(28)34-30-32(24)19-14-12-10-8-6-4-2;;/h15-17,20H,3-14,18-19,27-28H2,1-2H3;2*1H/q+2;;/p-2. The minimum absolute atomic E-state index is 0. The number of anilines is 2. The summed E-state index contributed by atoms with van der Waals surface area (Å²) in [5.74, 6) is 0.641. The number of aromatic nitrogens is 4. The minimum Gasteiger partial charge on any atom is -1.00 e. The Morgan fingerprint density at radius 2 is 1.03 bits per heavy atom. The molecule has 36 heavy (non-hydrogen) atoms. The molecular formula is C26H42Cl2N6O2. The van der Waals surface area contributed by atoms with Gasteiger partial charge in [-0.3, -0.25) is 9.05 Å². The maximum Gasteiger partial charge on any atom is 0.304 e. The van der Waals surface area contributed by atoms with E-state index in [2.05, 4.69) is 30.5 Å². The van der Waals surface area contributed by atoms with Gasteiger partial charge in [0.05, 0.1) is 11.1 Å². The third-order valence-corrected chi connectivity index (χ3v) is 6.31. The molecule has 1 aromatic carbocycles. The molecule has 2 aromatic heterocycles. The molecule has 10 heteroatoms. The van der Waals surface area contributed by atoms with E-state index < -0.39 is 0 Å². The third-order valence-electron chi connectivity index (χ3n) is 6.31. The van der Waals surface area contributed by atoms with Gasteiger partial charge in [-0.15, -0.1) is 0 Å². The van der Waals surface area contributed by atoms with Crippen LogP contribution in [0.3, 0.4) is 0 Å². The smallest absolute Gasteiger partial charge is 0.304 e. The Bertz CT molecular complexity index is 933. The van der Waals surface area contributed by atoms with Crippen molar-refractivity contribution in [2.45, 2.75) is 104 Å². The van der Waals surface area contributed by atoms with Crippen LogP contribution < -0.4 is 45.6 Å². The van der Waals surface area contributed by atoms with Crippen molar-refractivity contribution < 1.29 is 43.2 Å². The Morgan fingerprint density at radius 1 is 0.639 bits per heavy atom. The first-order valence-corrected chi connectivity index (χ1v) is 13.1. The maximum atomic E-state index is 6.18. The van der Waals surface area contributed by atoms with Crippen LogP contribution in [0.15, 0.2) is 33.3 Å². The summed E-state index contributed by atoms with van der Waals surface area (Å²) in [6.07, 6.45) is 14.6. The van der Waals surface area contributed by atoms with Gasteiger partial charge < -0.3 is 36.3 Å². The zero-order chi connectivity index (χ0) is 24.2. The van der Waals surface area contributed by atoms with E-state index in [-0.39, 0.29) is 24.8 Å². The topological polar surface area (TPSA) is 112 Å². The van der Waals surface area contributed by atoms with Gasteiger partial charge in [0, 0.05) is 12.8 Å². The van der Waals surface area contributed by atoms with Crippen LogP contribution in [0.25, 0.3) is 22.5 Å². The van der Waals surface area contributed by atoms with E-state index in [0.29, 0.717) is 11.8 Å². The first-order valence-electron chi connectivity index (χ1n) is 13.1. The molecule has 3 aromatic rings. The Labute approximate surface area is 227 Å². The molecule has 0 atom stereocenters. The average molecular weight is 542 g/mol. The molecule has 0 bridgehead atoms. The Morgan fingerprint density at radius 3 is 1.44 bits per heavy atom. The molecule has 2 heterocycles. The fraction of sp³-hybridized carbons (Fsp3) is 0.615. The van der Waals surface area contributed by atoms with E-state index in [1.54, 1.807) is 0 Å². The molecule has 202 valence electrons. The van der Waals surface area contributed by atoms with E-state index in [9.17, 15) is 0 Å². The highest BCUT2D eigenvalue weighted by molar-refractivity contribution is 5.74. The lowest BCUT2D eigenvalue weighted by Gasteiger charge is -2.01. The lowest BCUT2D eigenvalue weighted by Crippen LogP contribution is -3.00. The highest BCUT2D eigenvalue weighted by Gasteiger charge is 2.28. The van der Waals surface area contributed by atoms with E-state index in [1.807, 2.05) is 27.6 Å². The fourth-order valence-electron chi connectivity index (χ4n) is 4.39. The number of benzene rings is 1. The first-order chi connectivity index (χ1) is 16.7. The number of unbranched alkanes of at least 4 members (excludes halogenated alkanes) is 10. The highest BCUT2D eigenvalue weighted by atomic mass is 35.5. The molecule has 0 saturated carbocycles. The van der Waals surface area contributed by atoms with Crippen LogP contribution in [-0.4, -0.2) is 10.5 Å². The van der Waals surface area contributed by atoms with Gasteiger partial charge >= 0.3 is 23.2 Å². The Hall–Kier alpha value is -2.32. The monoisotopic (exact) mass is 540 g/mol. The zero-order valence-electron chi connectivity index (χ0n) is 21.7. The zero-order valence-corrected chi connectivity index (χ0v) is 23.2. The molecule has 0 unspecified atom stereocenters. The second kappa shape index (κ2) is 17.2. The molecule has 0 spiro atoms. The molecule has 3 rings (SSSR count). The van der Waals surface area contributed by atoms with Gasteiger partial charge in [0.15, 0.2) is 13.1 Å². The second-order valence-electron chi connectivity index (χ2n) is 9.13. The van der Waals surface area contributed by atoms with Crippen LogP contribution in [0.1, 0.15) is 90.9 Å². The fourth-order valence-corrected chi connectivity index (χ4v) is 4.39. The number of nitrogen functional groups attached to an aromatic ring is 2. The summed E-state index contributed by atoms with van der Waals surface area (Å²) in [7, 11) is 0. The van der Waals surface area contributed by atoms with Gasteiger partial charge in [-0.2, -0.15) is 0 Å². The van der Waals surface area contributed by atoms with Crippen LogP contribution in [-0.2, 0) is 13.1 Å². The number of hydrogen-bond donors (Lipinski definition) is 2. The molecule has 0 aliphatic carbocycles. The number of halogens is 2. The van der Waals surface area contributed by atoms with E-state index >= 15 is 0 Å². The van der Waals surface area contributed by atoms with Crippen molar-refractivity contribution in [3.05, 3.63) is 24.3 Å². The lowest BCUT2D eigenvalue weighted by molar-refractivity contribution is -0.753. The number of hydrogen-bond acceptors (Lipinski definition) is 6. The van der Waals surface area contributed by atoms with Crippen molar-refractivity contribution in [1.29, 1.82) is 0 Å². The molecule has 0 aliphatic rings. The van der Waals surface area contributed by atoms with Crippen molar-refractivity contribution in [2.24, 2.45) is 0 Å². The molecule has 0 fully saturated rings. The Balaban J connectivity index is 0.00000324. The van der Waals surface area contributed by atoms with Gasteiger partial charge in [-0.25, -0.2) is 0 Å². The summed E-state index contributed by atoms with van der Waals surface area (Å²) < 4.78 is 14.4. The quantitative estimate of drug-likeness (QED) is 0.186. The van der Waals surface area contributed by atoms with Gasteiger partial charge in [0.1, 0.15) is 0 Å². The minimum atomic E-state index is 0. The molecule has 4 N–H and O–H groups in total. The predicted molar refractivity (Wildman–Crippen MR) is 133 cm³/mol. The van der Waals surface area contributed by atoms with E-state index in [4.69, 9.17) is 20.5 Å². The summed E-state index contributed by atoms with van der Waals surface area (Å²) in [6, 6.07) is 8.09. The van der Waals surface area contributed by atoms with Crippen molar-refractivity contribution in [3.8, 4) is 22.5 Å². The Kier molecular flexibility index (Phi) is 15.1. The van der Waals surface area contributed by atoms with Crippen LogP contribution in [0.5, 0.6) is 0 Å². The molecule has 0 amide bonds. The third kappa shape index (κ3) is 8.96. The van der Waals surface area contributed by atoms with E-state index in [0.717, 1.165) is 48.4 Å². The molecule has 8 nitrogen and oxygen atoms in total. The maximum absolute atomic E-state index is 6.18. The van der Waals surface area contributed by atoms with Crippen molar-refractivity contribution in [1.82, 2.24) is 10.5 Å². The number of nitrogens with zero attached hydrogens (tertiary/aromatic N) is 4. The molecule has 0 radical (unpaired) electrons. The van der Waals surface area contributed by atoms with Crippen LogP contribution >= 0.6 is 0 Å². The summed E-state index contributed by atoms with van der Waals surface area (Å²) in [6.45, 7) is 6.02. The summed E-state index contributed by atoms with van der Waals surface area (Å²) >= 11 is 0. The molecule has 0 aliphatic heterocycles. The largest absolute Gasteiger partial charge is 1.00 e. The van der Waals surface area contributed by atoms with Crippen molar-refractivity contribution >= 4 is 11.8 Å². The van der Waals surface area contributed by atoms with Gasteiger partial charge in [-0.1, -0.05) is 71.3 Å². The van der Waals surface area contributed by atoms with Gasteiger partial charge in [-0.05, 0) is 40.4 Å². The predicted octanol–water partition coefficient (Wildman–Crippen LogP) is -0.535. The summed E-state index contributed by atoms with van der Waals surface area (Å²) in [4.78, 5) is 0. The normalized spacial score (nSPS) is 10.7. The number of aryl methyl sites for hydroxylation is 2. The van der Waals surface area contributed by atoms with Crippen LogP contribution in [0, 0.1) is 0 Å². The van der Waals surface area contributed by atoms with Gasteiger partial charge in [0.25, 0.3) is 0 Å². The van der Waals surface area contributed by atoms with E-state index in [1.165, 1.54) is 64.2 Å². The first kappa shape index (κ1) is 31.7. The van der Waals surface area contributed by atoms with Crippen molar-refractivity contribution in [2.75, 3.05) is 11.5 Å². The molecular weight excluding hydrogens is 499 g/mol. The number of nitrogens with two attached hydrogens (primary N) is 2. The van der Waals surface area contributed by atoms with Gasteiger partial charge in [0.2, 0.25) is 10.5 Å². The average Bonchev–Trinajstić information content (AvgIpc) is 3.40. The lowest BCUT2D eigenvalue weighted by atomic mass is 10.1. The highest BCUT2D eigenvalue weighted by Crippen LogP contribution is 2.29. The van der Waals surface area contributed by atoms with Crippen LogP contribution in [0.4, 0.5) is 11.8 Å². The summed E-state index contributed by atoms with van der Waals surface area (Å²) in [5, 5.41) is 8.36. The summed E-state index contributed by atoms with van der Waals surface area (Å²) in [5.41, 5.74) is 15.8. The van der Waals surface area contributed by atoms with Crippen LogP contribution in [0.2, 0.25) is 0 Å². The van der Waals surface area contributed by atoms with Crippen molar-refractivity contribution in [3.63, 3.8) is 0 Å². The second-order valence-corrected chi connectivity index (χ2v) is 9.13.